The normalized spacial score (nSPS) is 14.9. The number of H-pyrrole nitrogens is 1. The predicted molar refractivity (Wildman–Crippen MR) is 247 cm³/mol. The molecule has 1 aromatic carbocycles. The van der Waals surface area contributed by atoms with Crippen molar-refractivity contribution in [1.82, 2.24) is 42.2 Å². The summed E-state index contributed by atoms with van der Waals surface area (Å²) in [5.74, 6) is -6.98. The quantitative estimate of drug-likeness (QED) is 0.0251. The number of aromatic amines is 1. The lowest BCUT2D eigenvalue weighted by atomic mass is 10.0. The van der Waals surface area contributed by atoms with Crippen molar-refractivity contribution < 1.29 is 48.6 Å². The number of fused-ring (bicyclic) bond motifs is 1. The van der Waals surface area contributed by atoms with Crippen molar-refractivity contribution in [3.8, 4) is 0 Å². The molecule has 0 saturated carbocycles. The van der Waals surface area contributed by atoms with Crippen molar-refractivity contribution in [3.63, 3.8) is 0 Å². The third-order valence-corrected chi connectivity index (χ3v) is 10.8. The number of aliphatic hydroxyl groups excluding tert-OH is 1. The molecule has 0 saturated heterocycles. The largest absolute Gasteiger partial charge is 0.480 e. The highest BCUT2D eigenvalue weighted by Crippen LogP contribution is 2.20. The summed E-state index contributed by atoms with van der Waals surface area (Å²) in [4.78, 5) is 113. The summed E-state index contributed by atoms with van der Waals surface area (Å²) in [5, 5.41) is 38.6. The summed E-state index contributed by atoms with van der Waals surface area (Å²) in [6.45, 7) is 8.73. The van der Waals surface area contributed by atoms with E-state index < -0.39 is 108 Å². The summed E-state index contributed by atoms with van der Waals surface area (Å²) in [5.41, 5.74) is 18.2. The van der Waals surface area contributed by atoms with Gasteiger partial charge in [-0.3, -0.25) is 38.6 Å². The second-order valence-electron chi connectivity index (χ2n) is 16.5. The van der Waals surface area contributed by atoms with Crippen molar-refractivity contribution in [2.75, 3.05) is 25.2 Å². The zero-order valence-corrected chi connectivity index (χ0v) is 38.9. The van der Waals surface area contributed by atoms with Gasteiger partial charge in [0.05, 0.1) is 12.6 Å². The fourth-order valence-corrected chi connectivity index (χ4v) is 6.94. The Morgan fingerprint density at radius 3 is 1.83 bits per heavy atom. The van der Waals surface area contributed by atoms with E-state index in [1.165, 1.54) is 25.6 Å². The number of carboxylic acid groups (broad SMARTS) is 1. The molecule has 0 spiro atoms. The summed E-state index contributed by atoms with van der Waals surface area (Å²) < 4.78 is 0. The maximum Gasteiger partial charge on any atom is 0.326 e. The summed E-state index contributed by atoms with van der Waals surface area (Å²) >= 11 is 1.52. The Labute approximate surface area is 382 Å². The minimum Gasteiger partial charge on any atom is -0.480 e. The number of carbonyl (C=O) groups is 8. The number of nitrogens with two attached hydrogens (primary N) is 3. The molecule has 2 aromatic rings. The van der Waals surface area contributed by atoms with Crippen LogP contribution >= 0.6 is 11.8 Å². The smallest absolute Gasteiger partial charge is 0.326 e. The third kappa shape index (κ3) is 18.6. The molecular weight excluding hydrogens is 865 g/mol. The molecule has 0 aliphatic rings. The molecule has 2 rings (SSSR count). The Bertz CT molecular complexity index is 1970. The van der Waals surface area contributed by atoms with Crippen molar-refractivity contribution in [2.45, 2.75) is 122 Å². The SMILES string of the molecule is CSCC[C@H](N)C(=O)N[C@@H](C)C(=O)N[C@@H](C)C(=O)N[C@@H](CC(C)C)C(=O)N[C@@H](CCCN=C(N)N)C(=O)N[C@@H](CO)C(=O)N[C@@H](Cc1c[nH]c2ccccc12)C(=O)N[C@H](C(=O)O)C(C)C. The zero-order chi connectivity index (χ0) is 49.0. The number of nitrogens with zero attached hydrogens (tertiary/aromatic N) is 1. The summed E-state index contributed by atoms with van der Waals surface area (Å²) in [6.07, 6.45) is 4.00. The minimum atomic E-state index is -1.66. The minimum absolute atomic E-state index is 0.0518. The van der Waals surface area contributed by atoms with Gasteiger partial charge in [-0.15, -0.1) is 0 Å². The number of aromatic nitrogens is 1. The van der Waals surface area contributed by atoms with E-state index in [1.807, 2.05) is 18.4 Å². The fraction of sp³-hybridized carbons (Fsp3) is 0.595. The number of carbonyl (C=O) groups excluding carboxylic acids is 7. The second-order valence-corrected chi connectivity index (χ2v) is 17.5. The summed E-state index contributed by atoms with van der Waals surface area (Å²) in [6, 6.07) is -2.74. The lowest BCUT2D eigenvalue weighted by Crippen LogP contribution is -2.60. The number of benzene rings is 1. The van der Waals surface area contributed by atoms with Crippen LogP contribution in [0.25, 0.3) is 10.9 Å². The zero-order valence-electron chi connectivity index (χ0n) is 38.1. The molecule has 7 amide bonds. The molecule has 1 aromatic heterocycles. The van der Waals surface area contributed by atoms with E-state index in [2.05, 4.69) is 47.2 Å². The fourth-order valence-electron chi connectivity index (χ4n) is 6.45. The number of hydrogen-bond acceptors (Lipinski definition) is 12. The number of aliphatic hydroxyl groups is 1. The van der Waals surface area contributed by atoms with Crippen molar-refractivity contribution in [3.05, 3.63) is 36.0 Å². The molecular formula is C42H68N12O10S. The molecule has 0 aliphatic heterocycles. The molecule has 362 valence electrons. The number of para-hydroxylation sites is 1. The van der Waals surface area contributed by atoms with Crippen LogP contribution in [-0.2, 0) is 44.8 Å². The molecule has 23 heteroatoms. The van der Waals surface area contributed by atoms with Gasteiger partial charge in [-0.2, -0.15) is 11.8 Å². The van der Waals surface area contributed by atoms with Crippen LogP contribution in [0, 0.1) is 11.8 Å². The molecule has 0 bridgehead atoms. The highest BCUT2D eigenvalue weighted by Gasteiger charge is 2.34. The maximum atomic E-state index is 13.9. The lowest BCUT2D eigenvalue weighted by molar-refractivity contribution is -0.143. The van der Waals surface area contributed by atoms with Gasteiger partial charge in [-0.25, -0.2) is 4.79 Å². The van der Waals surface area contributed by atoms with E-state index in [1.54, 1.807) is 46.0 Å². The van der Waals surface area contributed by atoms with Crippen LogP contribution in [0.3, 0.4) is 0 Å². The van der Waals surface area contributed by atoms with Gasteiger partial charge in [0.1, 0.15) is 42.3 Å². The number of aliphatic imine (C=N–C) groups is 1. The van der Waals surface area contributed by atoms with Crippen molar-refractivity contribution in [1.29, 1.82) is 0 Å². The van der Waals surface area contributed by atoms with E-state index in [0.717, 1.165) is 10.9 Å². The first kappa shape index (κ1) is 55.2. The van der Waals surface area contributed by atoms with Gasteiger partial charge in [0, 0.05) is 30.1 Å². The Morgan fingerprint density at radius 2 is 1.25 bits per heavy atom. The van der Waals surface area contributed by atoms with Crippen LogP contribution in [0.1, 0.15) is 72.8 Å². The number of guanidine groups is 1. The van der Waals surface area contributed by atoms with E-state index in [9.17, 15) is 48.6 Å². The van der Waals surface area contributed by atoms with Gasteiger partial charge in [0.25, 0.3) is 0 Å². The Kier molecular flexibility index (Phi) is 23.3. The van der Waals surface area contributed by atoms with Gasteiger partial charge >= 0.3 is 5.97 Å². The standard InChI is InChI=1S/C42H68N12O10S/c1-21(2)17-30(51-35(57)24(6)48-34(56)23(5)49-36(58)27(43)14-16-65-7)38(60)50-29(13-10-15-46-42(44)45)37(59)53-32(20-55)40(62)52-31(39(61)54-33(22(3)4)41(63)64)18-25-19-47-28-12-9-8-11-26(25)28/h8-9,11-12,19,21-24,27,29-33,47,55H,10,13-18,20,43H2,1-7H3,(H,48,56)(H,49,58)(H,50,60)(H,51,57)(H,52,62)(H,53,59)(H,54,61)(H,63,64)(H4,44,45,46)/t23-,24-,27-,29-,30-,31-,32-,33-/m0/s1. The number of amides is 7. The molecule has 16 N–H and O–H groups in total. The number of carboxylic acids is 1. The number of nitrogens with one attached hydrogen (secondary N) is 8. The van der Waals surface area contributed by atoms with Crippen molar-refractivity contribution >= 4 is 75.9 Å². The van der Waals surface area contributed by atoms with Gasteiger partial charge in [0.15, 0.2) is 5.96 Å². The first-order chi connectivity index (χ1) is 30.6. The number of thioether (sulfide) groups is 1. The molecule has 65 heavy (non-hydrogen) atoms. The predicted octanol–water partition coefficient (Wildman–Crippen LogP) is -1.94. The highest BCUT2D eigenvalue weighted by molar-refractivity contribution is 7.98. The van der Waals surface area contributed by atoms with E-state index in [0.29, 0.717) is 17.7 Å². The van der Waals surface area contributed by atoms with Crippen LogP contribution in [-0.4, -0.2) is 142 Å². The van der Waals surface area contributed by atoms with Crippen LogP contribution < -0.4 is 54.4 Å². The molecule has 8 atom stereocenters. The van der Waals surface area contributed by atoms with Gasteiger partial charge < -0.3 is 69.6 Å². The van der Waals surface area contributed by atoms with Crippen LogP contribution in [0.5, 0.6) is 0 Å². The Balaban J connectivity index is 2.30. The van der Waals surface area contributed by atoms with Gasteiger partial charge in [0.2, 0.25) is 41.4 Å². The maximum absolute atomic E-state index is 13.9. The average molecular weight is 933 g/mol. The van der Waals surface area contributed by atoms with E-state index in [-0.39, 0.29) is 44.1 Å². The first-order valence-electron chi connectivity index (χ1n) is 21.4. The van der Waals surface area contributed by atoms with Gasteiger partial charge in [-0.1, -0.05) is 45.9 Å². The summed E-state index contributed by atoms with van der Waals surface area (Å²) in [7, 11) is 0. The molecule has 0 aliphatic carbocycles. The first-order valence-corrected chi connectivity index (χ1v) is 22.8. The number of rotatable bonds is 28. The molecule has 0 radical (unpaired) electrons. The monoisotopic (exact) mass is 932 g/mol. The Hall–Kier alpha value is -5.94. The molecule has 0 fully saturated rings. The highest BCUT2D eigenvalue weighted by atomic mass is 32.2. The second kappa shape index (κ2) is 27.4. The van der Waals surface area contributed by atoms with Gasteiger partial charge in [-0.05, 0) is 75.0 Å². The topological polar surface area (TPSA) is 367 Å². The van der Waals surface area contributed by atoms with E-state index >= 15 is 0 Å². The van der Waals surface area contributed by atoms with Crippen molar-refractivity contribution in [2.24, 2.45) is 34.0 Å². The molecule has 0 unspecified atom stereocenters. The third-order valence-electron chi connectivity index (χ3n) is 10.2. The van der Waals surface area contributed by atoms with Crippen LogP contribution in [0.15, 0.2) is 35.5 Å². The van der Waals surface area contributed by atoms with Crippen LogP contribution in [0.4, 0.5) is 0 Å². The number of hydrogen-bond donors (Lipinski definition) is 13. The molecule has 1 heterocycles. The average Bonchev–Trinajstić information content (AvgIpc) is 3.65. The van der Waals surface area contributed by atoms with Crippen LogP contribution in [0.2, 0.25) is 0 Å². The Morgan fingerprint density at radius 1 is 0.708 bits per heavy atom. The molecule has 22 nitrogen and oxygen atoms in total. The lowest BCUT2D eigenvalue weighted by Gasteiger charge is -2.27. The number of aliphatic carboxylic acids is 1. The van der Waals surface area contributed by atoms with E-state index in [4.69, 9.17) is 17.2 Å².